The lowest BCUT2D eigenvalue weighted by atomic mass is 9.92. The fourth-order valence-corrected chi connectivity index (χ4v) is 5.51. The number of aliphatic hydroxyl groups excluding tert-OH is 3. The van der Waals surface area contributed by atoms with E-state index in [1.165, 1.54) is 17.1 Å². The highest BCUT2D eigenvalue weighted by atomic mass is 16.5. The van der Waals surface area contributed by atoms with E-state index in [4.69, 9.17) is 4.74 Å². The molecule has 3 heterocycles. The number of nitrogens with zero attached hydrogens (tertiary/aromatic N) is 4. The van der Waals surface area contributed by atoms with Gasteiger partial charge in [-0.3, -0.25) is 4.79 Å². The second kappa shape index (κ2) is 12.4. The Labute approximate surface area is 239 Å². The van der Waals surface area contributed by atoms with E-state index >= 15 is 0 Å². The van der Waals surface area contributed by atoms with Gasteiger partial charge < -0.3 is 39.7 Å². The molecule has 3 aromatic rings. The maximum Gasteiger partial charge on any atom is 0.262 e. The molecule has 0 spiro atoms. The van der Waals surface area contributed by atoms with E-state index in [1.807, 2.05) is 29.8 Å². The molecule has 1 unspecified atom stereocenters. The van der Waals surface area contributed by atoms with Crippen LogP contribution in [-0.2, 0) is 16.6 Å². The maximum atomic E-state index is 12.8. The average Bonchev–Trinajstić information content (AvgIpc) is 3.35. The molecule has 0 bridgehead atoms. The van der Waals surface area contributed by atoms with Crippen LogP contribution in [0.1, 0.15) is 5.69 Å². The van der Waals surface area contributed by atoms with Crippen molar-refractivity contribution in [2.45, 2.75) is 18.3 Å². The van der Waals surface area contributed by atoms with Crippen LogP contribution in [-0.4, -0.2) is 102 Å². The van der Waals surface area contributed by atoms with Crippen LogP contribution in [0.4, 0.5) is 5.69 Å². The van der Waals surface area contributed by atoms with Crippen LogP contribution < -0.4 is 10.2 Å². The number of nitriles is 1. The quantitative estimate of drug-likeness (QED) is 0.252. The van der Waals surface area contributed by atoms with Crippen LogP contribution in [0, 0.1) is 17.2 Å². The van der Waals surface area contributed by atoms with Crippen LogP contribution in [0.5, 0.6) is 0 Å². The number of hydrogen-bond acceptors (Lipinski definition) is 8. The predicted molar refractivity (Wildman–Crippen MR) is 157 cm³/mol. The lowest BCUT2D eigenvalue weighted by molar-refractivity contribution is -0.173. The van der Waals surface area contributed by atoms with E-state index in [1.54, 1.807) is 0 Å². The van der Waals surface area contributed by atoms with Gasteiger partial charge >= 0.3 is 0 Å². The van der Waals surface area contributed by atoms with Gasteiger partial charge in [-0.2, -0.15) is 5.26 Å². The minimum Gasteiger partial charge on any atom is -0.394 e. The van der Waals surface area contributed by atoms with Gasteiger partial charge in [0.1, 0.15) is 23.9 Å². The number of carbonyl (C=O) groups excluding carboxylic acids is 1. The number of carbonyl (C=O) groups is 1. The van der Waals surface area contributed by atoms with Crippen LogP contribution >= 0.6 is 0 Å². The smallest absolute Gasteiger partial charge is 0.262 e. The summed E-state index contributed by atoms with van der Waals surface area (Å²) >= 11 is 0. The number of amides is 1. The lowest BCUT2D eigenvalue weighted by Gasteiger charge is -2.36. The fraction of sp³-hybridized carbons (Fsp3) is 0.419. The zero-order valence-electron chi connectivity index (χ0n) is 23.4. The second-order valence-electron chi connectivity index (χ2n) is 10.9. The number of anilines is 1. The predicted octanol–water partition coefficient (Wildman–Crippen LogP) is 1.35. The average molecular weight is 560 g/mol. The first-order valence-electron chi connectivity index (χ1n) is 13.9. The highest BCUT2D eigenvalue weighted by molar-refractivity contribution is 6.01. The molecule has 0 radical (unpaired) electrons. The third-order valence-corrected chi connectivity index (χ3v) is 8.25. The number of nitrogens with one attached hydrogen (secondary N) is 1. The number of likely N-dealkylation sites (N-methyl/N-ethyl adjacent to an activating group) is 1. The first-order chi connectivity index (χ1) is 19.8. The summed E-state index contributed by atoms with van der Waals surface area (Å²) in [4.78, 5) is 17.5. The molecule has 0 saturated carbocycles. The Morgan fingerprint density at radius 3 is 2.51 bits per heavy atom. The van der Waals surface area contributed by atoms with E-state index in [0.717, 1.165) is 42.8 Å². The number of benzene rings is 2. The molecule has 2 fully saturated rings. The van der Waals surface area contributed by atoms with Gasteiger partial charge in [0.25, 0.3) is 5.91 Å². The van der Waals surface area contributed by atoms with Gasteiger partial charge in [0.2, 0.25) is 0 Å². The fourth-order valence-electron chi connectivity index (χ4n) is 5.51. The number of ether oxygens (including phenoxy) is 1. The molecule has 5 rings (SSSR count). The molecule has 4 N–H and O–H groups in total. The third kappa shape index (κ3) is 6.15. The van der Waals surface area contributed by atoms with Crippen LogP contribution in [0.3, 0.4) is 0 Å². The van der Waals surface area contributed by atoms with Gasteiger partial charge in [0.05, 0.1) is 19.3 Å². The molecule has 2 aromatic carbocycles. The summed E-state index contributed by atoms with van der Waals surface area (Å²) in [6.45, 7) is 3.84. The van der Waals surface area contributed by atoms with Crippen molar-refractivity contribution in [3.8, 4) is 17.3 Å². The zero-order chi connectivity index (χ0) is 29.1. The van der Waals surface area contributed by atoms with Crippen molar-refractivity contribution in [3.63, 3.8) is 0 Å². The Balaban J connectivity index is 1.28. The molecule has 10 heteroatoms. The Hall–Kier alpha value is -3.72. The van der Waals surface area contributed by atoms with E-state index in [9.17, 15) is 25.4 Å². The van der Waals surface area contributed by atoms with Gasteiger partial charge in [0.15, 0.2) is 0 Å². The van der Waals surface area contributed by atoms with Crippen LogP contribution in [0.15, 0.2) is 54.1 Å². The molecule has 1 amide bonds. The Morgan fingerprint density at radius 2 is 1.78 bits per heavy atom. The molecule has 2 aliphatic rings. The van der Waals surface area contributed by atoms with Crippen molar-refractivity contribution in [1.82, 2.24) is 14.8 Å². The molecule has 10 nitrogen and oxygen atoms in total. The Morgan fingerprint density at radius 1 is 1.05 bits per heavy atom. The Bertz CT molecular complexity index is 1470. The van der Waals surface area contributed by atoms with Crippen molar-refractivity contribution in [2.24, 2.45) is 13.0 Å². The minimum atomic E-state index is -1.25. The van der Waals surface area contributed by atoms with E-state index in [-0.39, 0.29) is 18.7 Å². The molecule has 41 heavy (non-hydrogen) atoms. The first-order valence-corrected chi connectivity index (χ1v) is 13.9. The summed E-state index contributed by atoms with van der Waals surface area (Å²) < 4.78 is 7.30. The summed E-state index contributed by atoms with van der Waals surface area (Å²) in [6.07, 6.45) is -1.74. The molecular formula is C31H37N5O5. The van der Waals surface area contributed by atoms with Crippen molar-refractivity contribution in [1.29, 1.82) is 5.26 Å². The first kappa shape index (κ1) is 28.8. The van der Waals surface area contributed by atoms with E-state index in [0.29, 0.717) is 5.69 Å². The number of aliphatic hydroxyl groups is 3. The van der Waals surface area contributed by atoms with Crippen molar-refractivity contribution in [2.75, 3.05) is 57.9 Å². The van der Waals surface area contributed by atoms with Crippen molar-refractivity contribution >= 4 is 28.4 Å². The molecule has 2 saturated heterocycles. The number of rotatable bonds is 7. The molecule has 4 atom stereocenters. The minimum absolute atomic E-state index is 0.0141. The Kier molecular flexibility index (Phi) is 8.73. The summed E-state index contributed by atoms with van der Waals surface area (Å²) in [7, 11) is 4.05. The highest BCUT2D eigenvalue weighted by Crippen LogP contribution is 2.29. The van der Waals surface area contributed by atoms with E-state index < -0.39 is 36.7 Å². The SMILES string of the molecule is CN1CCN(c2ccc3cc(-c4ccc(/C=C(\C#N)C(=O)NCC5CO[C@H](CO)[C@@H](O)[C@@H]5O)n4C)ccc3c2)CC1. The van der Waals surface area contributed by atoms with Gasteiger partial charge in [-0.05, 0) is 59.8 Å². The molecule has 2 aliphatic heterocycles. The maximum absolute atomic E-state index is 12.8. The summed E-state index contributed by atoms with van der Waals surface area (Å²) in [6, 6.07) is 18.7. The lowest BCUT2D eigenvalue weighted by Crippen LogP contribution is -2.54. The molecule has 216 valence electrons. The number of piperazine rings is 1. The second-order valence-corrected chi connectivity index (χ2v) is 10.9. The molecule has 1 aromatic heterocycles. The van der Waals surface area contributed by atoms with Crippen molar-refractivity contribution in [3.05, 3.63) is 59.8 Å². The number of aromatic nitrogens is 1. The van der Waals surface area contributed by atoms with Gasteiger partial charge in [-0.1, -0.05) is 18.2 Å². The van der Waals surface area contributed by atoms with Gasteiger partial charge in [0, 0.05) is 62.8 Å². The zero-order valence-corrected chi connectivity index (χ0v) is 23.4. The molecule has 0 aliphatic carbocycles. The molecular weight excluding hydrogens is 522 g/mol. The number of fused-ring (bicyclic) bond motifs is 1. The van der Waals surface area contributed by atoms with Crippen LogP contribution in [0.2, 0.25) is 0 Å². The van der Waals surface area contributed by atoms with E-state index in [2.05, 4.69) is 58.6 Å². The number of hydrogen-bond donors (Lipinski definition) is 4. The van der Waals surface area contributed by atoms with Gasteiger partial charge in [-0.15, -0.1) is 0 Å². The highest BCUT2D eigenvalue weighted by Gasteiger charge is 2.38. The summed E-state index contributed by atoms with van der Waals surface area (Å²) in [5.74, 6) is -1.15. The normalized spacial score (nSPS) is 23.9. The van der Waals surface area contributed by atoms with Crippen LogP contribution in [0.25, 0.3) is 28.1 Å². The summed E-state index contributed by atoms with van der Waals surface area (Å²) in [5.41, 5.74) is 3.84. The third-order valence-electron chi connectivity index (χ3n) is 8.25. The largest absolute Gasteiger partial charge is 0.394 e. The standard InChI is InChI=1S/C31H37N5O5/c1-34-9-11-36(12-10-34)26-6-5-20-13-22(4-3-21(20)14-26)27-8-7-25(35(27)2)15-23(16-32)31(40)33-17-24-19-41-28(18-37)30(39)29(24)38/h3-8,13-15,24,28-30,37-39H,9-12,17-19H2,1-2H3,(H,33,40)/b23-15+/t24?,28-,29-,30-/m1/s1. The van der Waals surface area contributed by atoms with Gasteiger partial charge in [-0.25, -0.2) is 0 Å². The van der Waals surface area contributed by atoms with Crippen molar-refractivity contribution < 1.29 is 24.9 Å². The summed E-state index contributed by atoms with van der Waals surface area (Å²) in [5, 5.41) is 44.2. The monoisotopic (exact) mass is 559 g/mol. The topological polar surface area (TPSA) is 134 Å².